The SMILES string of the molecule is O=C1C(Cl)=C(Nc2cccc(Br)c2)C(=O)c2c(OCCCN3CCOCC3)ccc(O)c21. The van der Waals surface area contributed by atoms with Crippen LogP contribution in [0.5, 0.6) is 11.5 Å². The summed E-state index contributed by atoms with van der Waals surface area (Å²) in [6.07, 6.45) is 0.748. The van der Waals surface area contributed by atoms with Crippen LogP contribution in [-0.2, 0) is 4.74 Å². The third kappa shape index (κ3) is 4.83. The van der Waals surface area contributed by atoms with Crippen molar-refractivity contribution in [3.05, 3.63) is 62.7 Å². The first-order valence-corrected chi connectivity index (χ1v) is 11.4. The number of ether oxygens (including phenoxy) is 2. The van der Waals surface area contributed by atoms with Gasteiger partial charge in [-0.05, 0) is 36.8 Å². The number of phenols is 1. The number of carbonyl (C=O) groups is 2. The number of aromatic hydroxyl groups is 1. The molecule has 2 aliphatic rings. The zero-order valence-corrected chi connectivity index (χ0v) is 19.5. The average Bonchev–Trinajstić information content (AvgIpc) is 2.79. The molecular formula is C23H22BrClN2O5. The van der Waals surface area contributed by atoms with Crippen LogP contribution in [0.15, 0.2) is 51.6 Å². The Hall–Kier alpha value is -2.39. The van der Waals surface area contributed by atoms with Gasteiger partial charge in [0.2, 0.25) is 11.6 Å². The first-order valence-electron chi connectivity index (χ1n) is 10.3. The predicted molar refractivity (Wildman–Crippen MR) is 125 cm³/mol. The number of hydrogen-bond acceptors (Lipinski definition) is 7. The molecule has 9 heteroatoms. The Balaban J connectivity index is 1.54. The zero-order valence-electron chi connectivity index (χ0n) is 17.2. The van der Waals surface area contributed by atoms with E-state index in [0.29, 0.717) is 12.3 Å². The second kappa shape index (κ2) is 10.0. The molecule has 1 aliphatic heterocycles. The van der Waals surface area contributed by atoms with Gasteiger partial charge < -0.3 is 19.9 Å². The minimum Gasteiger partial charge on any atom is -0.507 e. The number of rotatable bonds is 7. The monoisotopic (exact) mass is 520 g/mol. The van der Waals surface area contributed by atoms with Gasteiger partial charge in [0, 0.05) is 29.8 Å². The van der Waals surface area contributed by atoms with Gasteiger partial charge in [-0.15, -0.1) is 0 Å². The fourth-order valence-electron chi connectivity index (χ4n) is 3.71. The highest BCUT2D eigenvalue weighted by Gasteiger charge is 2.36. The molecule has 0 bridgehead atoms. The van der Waals surface area contributed by atoms with Crippen LogP contribution in [0.3, 0.4) is 0 Å². The number of morpholine rings is 1. The van der Waals surface area contributed by atoms with Crippen molar-refractivity contribution >= 4 is 44.8 Å². The third-order valence-corrected chi connectivity index (χ3v) is 6.17. The Kier molecular flexibility index (Phi) is 7.15. The summed E-state index contributed by atoms with van der Waals surface area (Å²) in [6, 6.07) is 9.99. The molecule has 0 unspecified atom stereocenters. The third-order valence-electron chi connectivity index (χ3n) is 5.32. The molecule has 0 aromatic heterocycles. The molecule has 0 amide bonds. The summed E-state index contributed by atoms with van der Waals surface area (Å²) in [5, 5.41) is 13.0. The molecule has 0 saturated carbocycles. The Morgan fingerprint density at radius 3 is 2.66 bits per heavy atom. The quantitative estimate of drug-likeness (QED) is 0.528. The Bertz CT molecular complexity index is 1080. The zero-order chi connectivity index (χ0) is 22.7. The van der Waals surface area contributed by atoms with E-state index in [-0.39, 0.29) is 33.4 Å². The smallest absolute Gasteiger partial charge is 0.215 e. The van der Waals surface area contributed by atoms with E-state index < -0.39 is 11.6 Å². The number of hydrogen-bond donors (Lipinski definition) is 2. The summed E-state index contributed by atoms with van der Waals surface area (Å²) in [5.74, 6) is -1.20. The van der Waals surface area contributed by atoms with Crippen LogP contribution in [-0.4, -0.2) is 61.0 Å². The number of benzene rings is 2. The first-order chi connectivity index (χ1) is 15.5. The number of nitrogens with one attached hydrogen (secondary N) is 1. The fourth-order valence-corrected chi connectivity index (χ4v) is 4.34. The van der Waals surface area contributed by atoms with Crippen LogP contribution in [0.25, 0.3) is 0 Å². The molecule has 168 valence electrons. The average molecular weight is 522 g/mol. The highest BCUT2D eigenvalue weighted by atomic mass is 79.9. The number of allylic oxidation sites excluding steroid dienone is 2. The Morgan fingerprint density at radius 1 is 1.12 bits per heavy atom. The van der Waals surface area contributed by atoms with E-state index in [1.165, 1.54) is 12.1 Å². The summed E-state index contributed by atoms with van der Waals surface area (Å²) < 4.78 is 12.0. The lowest BCUT2D eigenvalue weighted by Crippen LogP contribution is -2.37. The van der Waals surface area contributed by atoms with Crippen molar-refractivity contribution in [1.29, 1.82) is 0 Å². The van der Waals surface area contributed by atoms with Gasteiger partial charge in [0.25, 0.3) is 0 Å². The van der Waals surface area contributed by atoms with Gasteiger partial charge in [-0.2, -0.15) is 0 Å². The second-order valence-electron chi connectivity index (χ2n) is 7.47. The van der Waals surface area contributed by atoms with Gasteiger partial charge in [-0.1, -0.05) is 33.6 Å². The van der Waals surface area contributed by atoms with Gasteiger partial charge >= 0.3 is 0 Å². The maximum absolute atomic E-state index is 13.3. The summed E-state index contributed by atoms with van der Waals surface area (Å²) >= 11 is 9.63. The molecule has 2 aromatic carbocycles. The van der Waals surface area contributed by atoms with E-state index in [4.69, 9.17) is 21.1 Å². The van der Waals surface area contributed by atoms with Crippen molar-refractivity contribution in [3.63, 3.8) is 0 Å². The summed E-state index contributed by atoms with van der Waals surface area (Å²) in [7, 11) is 0. The molecule has 0 radical (unpaired) electrons. The van der Waals surface area contributed by atoms with E-state index >= 15 is 0 Å². The molecule has 7 nitrogen and oxygen atoms in total. The second-order valence-corrected chi connectivity index (χ2v) is 8.77. The molecule has 4 rings (SSSR count). The van der Waals surface area contributed by atoms with Crippen molar-refractivity contribution < 1.29 is 24.2 Å². The van der Waals surface area contributed by atoms with E-state index in [1.807, 2.05) is 6.07 Å². The highest BCUT2D eigenvalue weighted by Crippen LogP contribution is 2.39. The topological polar surface area (TPSA) is 88.1 Å². The van der Waals surface area contributed by atoms with Crippen LogP contribution in [0.1, 0.15) is 27.1 Å². The molecule has 1 fully saturated rings. The minimum atomic E-state index is -0.630. The number of Topliss-reactive ketones (excluding diaryl/α,β-unsaturated/α-hetero) is 2. The number of carbonyl (C=O) groups excluding carboxylic acids is 2. The molecule has 32 heavy (non-hydrogen) atoms. The maximum Gasteiger partial charge on any atom is 0.215 e. The number of phenolic OH excluding ortho intramolecular Hbond substituents is 1. The first kappa shape index (κ1) is 22.8. The lowest BCUT2D eigenvalue weighted by molar-refractivity contribution is 0.0357. The molecule has 1 heterocycles. The predicted octanol–water partition coefficient (Wildman–Crippen LogP) is 4.20. The number of halogens is 2. The summed E-state index contributed by atoms with van der Waals surface area (Å²) in [5.41, 5.74) is 0.421. The van der Waals surface area contributed by atoms with E-state index in [9.17, 15) is 14.7 Å². The fraction of sp³-hybridized carbons (Fsp3) is 0.304. The van der Waals surface area contributed by atoms with Crippen molar-refractivity contribution in [2.75, 3.05) is 44.8 Å². The van der Waals surface area contributed by atoms with Gasteiger partial charge in [-0.3, -0.25) is 14.5 Å². The lowest BCUT2D eigenvalue weighted by atomic mass is 9.90. The number of ketones is 2. The molecule has 1 aliphatic carbocycles. The van der Waals surface area contributed by atoms with Crippen LogP contribution in [0, 0.1) is 0 Å². The van der Waals surface area contributed by atoms with Gasteiger partial charge in [0.15, 0.2) is 0 Å². The number of anilines is 1. The summed E-state index contributed by atoms with van der Waals surface area (Å²) in [4.78, 5) is 28.5. The standard InChI is InChI=1S/C23H22BrClN2O5/c24-14-3-1-4-15(13-14)26-21-20(25)22(29)18-16(28)5-6-17(19(18)23(21)30)32-10-2-7-27-8-11-31-12-9-27/h1,3-6,13,26,28H,2,7-12H2. The highest BCUT2D eigenvalue weighted by molar-refractivity contribution is 9.10. The van der Waals surface area contributed by atoms with Crippen molar-refractivity contribution in [3.8, 4) is 11.5 Å². The van der Waals surface area contributed by atoms with E-state index in [0.717, 1.165) is 43.7 Å². The molecule has 2 aromatic rings. The van der Waals surface area contributed by atoms with Crippen LogP contribution in [0.2, 0.25) is 0 Å². The van der Waals surface area contributed by atoms with Gasteiger partial charge in [0.05, 0.1) is 30.9 Å². The normalized spacial score (nSPS) is 16.8. The summed E-state index contributed by atoms with van der Waals surface area (Å²) in [6.45, 7) is 4.43. The van der Waals surface area contributed by atoms with Crippen LogP contribution >= 0.6 is 27.5 Å². The van der Waals surface area contributed by atoms with E-state index in [2.05, 4.69) is 26.1 Å². The van der Waals surface area contributed by atoms with Crippen molar-refractivity contribution in [2.45, 2.75) is 6.42 Å². The number of fused-ring (bicyclic) bond motifs is 1. The Morgan fingerprint density at radius 2 is 1.91 bits per heavy atom. The molecule has 0 atom stereocenters. The van der Waals surface area contributed by atoms with Crippen LogP contribution in [0.4, 0.5) is 5.69 Å². The van der Waals surface area contributed by atoms with Crippen LogP contribution < -0.4 is 10.1 Å². The maximum atomic E-state index is 13.3. The molecule has 1 saturated heterocycles. The number of nitrogens with zero attached hydrogens (tertiary/aromatic N) is 1. The van der Waals surface area contributed by atoms with Crippen molar-refractivity contribution in [1.82, 2.24) is 4.90 Å². The molecule has 0 spiro atoms. The van der Waals surface area contributed by atoms with E-state index in [1.54, 1.807) is 18.2 Å². The Labute approximate surface area is 199 Å². The largest absolute Gasteiger partial charge is 0.507 e. The van der Waals surface area contributed by atoms with Crippen molar-refractivity contribution in [2.24, 2.45) is 0 Å². The lowest BCUT2D eigenvalue weighted by Gasteiger charge is -2.26. The molecule has 2 N–H and O–H groups in total. The van der Waals surface area contributed by atoms with Gasteiger partial charge in [-0.25, -0.2) is 0 Å². The molecular weight excluding hydrogens is 500 g/mol. The minimum absolute atomic E-state index is 0.0169. The van der Waals surface area contributed by atoms with Gasteiger partial charge in [0.1, 0.15) is 22.2 Å².